The zero-order valence-electron chi connectivity index (χ0n) is 6.87. The quantitative estimate of drug-likeness (QED) is 0.761. The predicted molar refractivity (Wildman–Crippen MR) is 46.6 cm³/mol. The van der Waals surface area contributed by atoms with E-state index in [1.807, 2.05) is 12.1 Å². The molecule has 0 unspecified atom stereocenters. The van der Waals surface area contributed by atoms with Gasteiger partial charge in [-0.05, 0) is 5.56 Å². The molecule has 1 aromatic carbocycles. The van der Waals surface area contributed by atoms with Gasteiger partial charge in [-0.2, -0.15) is 15.4 Å². The molecule has 0 spiro atoms. The molecule has 66 valence electrons. The highest BCUT2D eigenvalue weighted by molar-refractivity contribution is 5.62. The van der Waals surface area contributed by atoms with E-state index < -0.39 is 6.67 Å². The summed E-state index contributed by atoms with van der Waals surface area (Å²) in [6.45, 7) is -0.483. The van der Waals surface area contributed by atoms with Gasteiger partial charge in [0.05, 0.1) is 6.20 Å². The van der Waals surface area contributed by atoms with Gasteiger partial charge in [-0.3, -0.25) is 0 Å². The third-order valence-electron chi connectivity index (χ3n) is 1.85. The van der Waals surface area contributed by atoms with Crippen molar-refractivity contribution in [3.63, 3.8) is 0 Å². The van der Waals surface area contributed by atoms with Crippen molar-refractivity contribution in [3.8, 4) is 11.3 Å². The lowest BCUT2D eigenvalue weighted by Crippen LogP contribution is -1.86. The highest BCUT2D eigenvalue weighted by Crippen LogP contribution is 2.20. The number of hydrogen-bond acceptors (Lipinski definition) is 2. The fraction of sp³-hybridized carbons (Fsp3) is 0.111. The van der Waals surface area contributed by atoms with Crippen molar-refractivity contribution in [1.29, 1.82) is 0 Å². The molecule has 0 amide bonds. The molecule has 0 aliphatic carbocycles. The maximum atomic E-state index is 12.5. The van der Waals surface area contributed by atoms with Gasteiger partial charge in [0.2, 0.25) is 0 Å². The number of rotatable bonds is 2. The van der Waals surface area contributed by atoms with Gasteiger partial charge in [0.15, 0.2) is 0 Å². The van der Waals surface area contributed by atoms with Crippen LogP contribution < -0.4 is 0 Å². The molecule has 0 aliphatic rings. The normalized spacial score (nSPS) is 10.2. The number of aromatic amines is 1. The summed E-state index contributed by atoms with van der Waals surface area (Å²) in [5.74, 6) is 0. The second-order valence-electron chi connectivity index (χ2n) is 2.65. The number of aromatic nitrogens is 3. The zero-order valence-corrected chi connectivity index (χ0v) is 6.87. The Hall–Kier alpha value is -1.71. The Kier molecular flexibility index (Phi) is 2.04. The fourth-order valence-corrected chi connectivity index (χ4v) is 1.22. The molecule has 3 nitrogen and oxygen atoms in total. The van der Waals surface area contributed by atoms with Crippen molar-refractivity contribution in [2.24, 2.45) is 0 Å². The molecule has 2 rings (SSSR count). The van der Waals surface area contributed by atoms with Gasteiger partial charge in [-0.1, -0.05) is 24.3 Å². The zero-order chi connectivity index (χ0) is 9.10. The maximum Gasteiger partial charge on any atom is 0.115 e. The van der Waals surface area contributed by atoms with Gasteiger partial charge in [-0.25, -0.2) is 4.39 Å². The molecular weight excluding hydrogens is 169 g/mol. The number of benzene rings is 1. The molecular formula is C9H8FN3. The molecule has 0 aliphatic heterocycles. The summed E-state index contributed by atoms with van der Waals surface area (Å²) in [7, 11) is 0. The lowest BCUT2D eigenvalue weighted by atomic mass is 10.1. The largest absolute Gasteiger partial charge is 0.246 e. The van der Waals surface area contributed by atoms with Crippen LogP contribution in [0.4, 0.5) is 4.39 Å². The van der Waals surface area contributed by atoms with Gasteiger partial charge in [0, 0.05) is 5.56 Å². The minimum Gasteiger partial charge on any atom is -0.246 e. The predicted octanol–water partition coefficient (Wildman–Crippen LogP) is 1.94. The summed E-state index contributed by atoms with van der Waals surface area (Å²) in [6, 6.07) is 7.22. The van der Waals surface area contributed by atoms with E-state index in [-0.39, 0.29) is 0 Å². The Morgan fingerprint density at radius 2 is 2.15 bits per heavy atom. The van der Waals surface area contributed by atoms with E-state index in [2.05, 4.69) is 15.4 Å². The van der Waals surface area contributed by atoms with Crippen LogP contribution in [0.2, 0.25) is 0 Å². The molecule has 0 saturated heterocycles. The van der Waals surface area contributed by atoms with E-state index in [1.165, 1.54) is 0 Å². The summed E-state index contributed by atoms with van der Waals surface area (Å²) >= 11 is 0. The lowest BCUT2D eigenvalue weighted by Gasteiger charge is -2.00. The Bertz CT molecular complexity index is 384. The molecule has 4 heteroatoms. The smallest absolute Gasteiger partial charge is 0.115 e. The van der Waals surface area contributed by atoms with E-state index in [4.69, 9.17) is 0 Å². The lowest BCUT2D eigenvalue weighted by molar-refractivity contribution is 0.486. The minimum atomic E-state index is -0.483. The van der Waals surface area contributed by atoms with Crippen molar-refractivity contribution >= 4 is 0 Å². The number of nitrogens with one attached hydrogen (secondary N) is 1. The van der Waals surface area contributed by atoms with E-state index in [9.17, 15) is 4.39 Å². The van der Waals surface area contributed by atoms with E-state index in [0.29, 0.717) is 11.3 Å². The SMILES string of the molecule is FCc1ccccc1-c1cn[nH]n1. The molecule has 0 radical (unpaired) electrons. The summed E-state index contributed by atoms with van der Waals surface area (Å²) in [6.07, 6.45) is 1.58. The van der Waals surface area contributed by atoms with E-state index in [0.717, 1.165) is 5.56 Å². The van der Waals surface area contributed by atoms with Crippen LogP contribution in [0, 0.1) is 0 Å². The molecule has 0 bridgehead atoms. The van der Waals surface area contributed by atoms with Crippen molar-refractivity contribution in [1.82, 2.24) is 15.4 Å². The van der Waals surface area contributed by atoms with Crippen LogP contribution in [0.15, 0.2) is 30.5 Å². The monoisotopic (exact) mass is 177 g/mol. The van der Waals surface area contributed by atoms with Crippen molar-refractivity contribution in [3.05, 3.63) is 36.0 Å². The minimum absolute atomic E-state index is 0.483. The van der Waals surface area contributed by atoms with E-state index >= 15 is 0 Å². The average Bonchev–Trinajstić information content (AvgIpc) is 2.70. The first-order valence-electron chi connectivity index (χ1n) is 3.92. The summed E-state index contributed by atoms with van der Waals surface area (Å²) < 4.78 is 12.5. The molecule has 0 atom stereocenters. The first kappa shape index (κ1) is 7.91. The second kappa shape index (κ2) is 3.35. The topological polar surface area (TPSA) is 41.6 Å². The number of halogens is 1. The Morgan fingerprint density at radius 1 is 1.31 bits per heavy atom. The molecule has 13 heavy (non-hydrogen) atoms. The highest BCUT2D eigenvalue weighted by atomic mass is 19.1. The average molecular weight is 177 g/mol. The summed E-state index contributed by atoms with van der Waals surface area (Å²) in [4.78, 5) is 0. The molecule has 1 N–H and O–H groups in total. The highest BCUT2D eigenvalue weighted by Gasteiger charge is 2.05. The molecule has 0 fully saturated rings. The maximum absolute atomic E-state index is 12.5. The standard InChI is InChI=1S/C9H8FN3/c10-5-7-3-1-2-4-8(7)9-6-11-13-12-9/h1-4,6H,5H2,(H,11,12,13). The van der Waals surface area contributed by atoms with Crippen LogP contribution >= 0.6 is 0 Å². The number of nitrogens with zero attached hydrogens (tertiary/aromatic N) is 2. The van der Waals surface area contributed by atoms with Crippen LogP contribution in [-0.2, 0) is 6.67 Å². The van der Waals surface area contributed by atoms with Gasteiger partial charge in [-0.15, -0.1) is 0 Å². The first-order chi connectivity index (χ1) is 6.42. The number of H-pyrrole nitrogens is 1. The second-order valence-corrected chi connectivity index (χ2v) is 2.65. The molecule has 0 saturated carbocycles. The number of alkyl halides is 1. The third kappa shape index (κ3) is 1.42. The van der Waals surface area contributed by atoms with Gasteiger partial charge < -0.3 is 0 Å². The van der Waals surface area contributed by atoms with Crippen LogP contribution in [0.1, 0.15) is 5.56 Å². The van der Waals surface area contributed by atoms with Gasteiger partial charge in [0.1, 0.15) is 12.4 Å². The Labute approximate surface area is 74.6 Å². The summed E-state index contributed by atoms with van der Waals surface area (Å²) in [5.41, 5.74) is 2.10. The van der Waals surface area contributed by atoms with Crippen molar-refractivity contribution in [2.75, 3.05) is 0 Å². The van der Waals surface area contributed by atoms with Gasteiger partial charge in [0.25, 0.3) is 0 Å². The van der Waals surface area contributed by atoms with Crippen LogP contribution in [0.3, 0.4) is 0 Å². The van der Waals surface area contributed by atoms with Crippen LogP contribution in [0.5, 0.6) is 0 Å². The van der Waals surface area contributed by atoms with Crippen molar-refractivity contribution in [2.45, 2.75) is 6.67 Å². The Balaban J connectivity index is 2.51. The first-order valence-corrected chi connectivity index (χ1v) is 3.92. The third-order valence-corrected chi connectivity index (χ3v) is 1.85. The summed E-state index contributed by atoms with van der Waals surface area (Å²) in [5, 5.41) is 10.1. The molecule has 2 aromatic rings. The Morgan fingerprint density at radius 3 is 2.85 bits per heavy atom. The molecule has 1 aromatic heterocycles. The van der Waals surface area contributed by atoms with Crippen molar-refractivity contribution < 1.29 is 4.39 Å². The molecule has 1 heterocycles. The van der Waals surface area contributed by atoms with Gasteiger partial charge >= 0.3 is 0 Å². The number of hydrogen-bond donors (Lipinski definition) is 1. The van der Waals surface area contributed by atoms with Crippen LogP contribution in [-0.4, -0.2) is 15.4 Å². The van der Waals surface area contributed by atoms with Crippen LogP contribution in [0.25, 0.3) is 11.3 Å². The van der Waals surface area contributed by atoms with E-state index in [1.54, 1.807) is 18.3 Å². The fourth-order valence-electron chi connectivity index (χ4n) is 1.22.